The van der Waals surface area contributed by atoms with Crippen LogP contribution in [0.1, 0.15) is 91.6 Å². The molecule has 0 spiro atoms. The van der Waals surface area contributed by atoms with Crippen molar-refractivity contribution in [2.45, 2.75) is 76.3 Å². The standard InChI is InChI=1S/C43H53F2N11O6/c1-52(17-5-21-61-20-4-7-28-6-3-8-33-38(28)53(2)43(60)56(33)34-11-12-36(57)50-41(34)59)26-54-18-14-30(15-19-54)55-24-31(37(51-55)39(44)45)48-40(58)32-25-62-42(49-32)29-13-16-46-35(22-29)47-23-27-9-10-27/h3,6,8,13,16,22,24-25,27,30,34,39H,4-5,7,9-12,14-15,17-21,23,26H2,1-2H3,(H,46,47)(H,48,58)(H,50,57,59)/t34-/m0/s1. The molecule has 2 aliphatic heterocycles. The van der Waals surface area contributed by atoms with Crippen molar-refractivity contribution in [3.63, 3.8) is 0 Å². The number of carbonyl (C=O) groups excluding carboxylic acids is 3. The molecule has 0 radical (unpaired) electrons. The van der Waals surface area contributed by atoms with Crippen molar-refractivity contribution in [3.8, 4) is 11.5 Å². The maximum atomic E-state index is 14.1. The summed E-state index contributed by atoms with van der Waals surface area (Å²) >= 11 is 0. The van der Waals surface area contributed by atoms with Gasteiger partial charge in [-0.25, -0.2) is 23.5 Å². The molecule has 6 heterocycles. The number of para-hydroxylation sites is 1. The van der Waals surface area contributed by atoms with E-state index < -0.39 is 30.0 Å². The Labute approximate surface area is 356 Å². The summed E-state index contributed by atoms with van der Waals surface area (Å²) in [6, 6.07) is 8.43. The molecule has 3 amide bonds. The molecular formula is C43H53F2N11O6. The Balaban J connectivity index is 0.752. The van der Waals surface area contributed by atoms with Crippen molar-refractivity contribution in [2.24, 2.45) is 13.0 Å². The van der Waals surface area contributed by atoms with E-state index >= 15 is 0 Å². The number of imide groups is 1. The lowest BCUT2D eigenvalue weighted by atomic mass is 10.0. The molecule has 19 heteroatoms. The number of oxazole rings is 1. The summed E-state index contributed by atoms with van der Waals surface area (Å²) in [4.78, 5) is 63.8. The summed E-state index contributed by atoms with van der Waals surface area (Å²) in [6.45, 7) is 5.13. The number of anilines is 2. The van der Waals surface area contributed by atoms with Crippen LogP contribution in [0.2, 0.25) is 0 Å². The number of halogens is 2. The first-order valence-corrected chi connectivity index (χ1v) is 21.4. The molecule has 17 nitrogen and oxygen atoms in total. The first kappa shape index (κ1) is 42.9. The molecule has 3 fully saturated rings. The third-order valence-corrected chi connectivity index (χ3v) is 11.9. The molecule has 1 atom stereocenters. The van der Waals surface area contributed by atoms with Crippen LogP contribution >= 0.6 is 0 Å². The van der Waals surface area contributed by atoms with Gasteiger partial charge in [-0.2, -0.15) is 5.10 Å². The number of ether oxygens (including phenoxy) is 1. The Morgan fingerprint density at radius 2 is 1.89 bits per heavy atom. The van der Waals surface area contributed by atoms with E-state index in [1.807, 2.05) is 18.2 Å². The van der Waals surface area contributed by atoms with E-state index in [1.54, 1.807) is 34.6 Å². The predicted octanol–water partition coefficient (Wildman–Crippen LogP) is 5.14. The molecule has 8 rings (SSSR count). The molecule has 0 bridgehead atoms. The Kier molecular flexibility index (Phi) is 13.2. The van der Waals surface area contributed by atoms with Crippen LogP contribution in [-0.2, 0) is 27.8 Å². The van der Waals surface area contributed by atoms with Gasteiger partial charge in [0.2, 0.25) is 17.7 Å². The second kappa shape index (κ2) is 19.1. The molecule has 3 N–H and O–H groups in total. The number of aromatic nitrogens is 6. The Morgan fingerprint density at radius 1 is 1.08 bits per heavy atom. The number of hydrogen-bond acceptors (Lipinski definition) is 12. The number of piperidine rings is 2. The third kappa shape index (κ3) is 9.95. The van der Waals surface area contributed by atoms with Gasteiger partial charge in [0, 0.05) is 70.8 Å². The third-order valence-electron chi connectivity index (χ3n) is 11.9. The summed E-state index contributed by atoms with van der Waals surface area (Å²) in [6.07, 6.45) is 8.10. The first-order valence-electron chi connectivity index (χ1n) is 21.4. The molecule has 330 valence electrons. The highest BCUT2D eigenvalue weighted by atomic mass is 19.3. The van der Waals surface area contributed by atoms with Crippen LogP contribution in [0.15, 0.2) is 58.2 Å². The molecule has 1 saturated carbocycles. The van der Waals surface area contributed by atoms with E-state index in [4.69, 9.17) is 9.15 Å². The Hall–Kier alpha value is -5.79. The Bertz CT molecular complexity index is 2450. The number of benzene rings is 1. The van der Waals surface area contributed by atoms with Gasteiger partial charge >= 0.3 is 5.69 Å². The summed E-state index contributed by atoms with van der Waals surface area (Å²) in [7, 11) is 3.77. The largest absolute Gasteiger partial charge is 0.444 e. The molecule has 4 aromatic heterocycles. The number of hydrogen-bond donors (Lipinski definition) is 3. The minimum Gasteiger partial charge on any atom is -0.444 e. The van der Waals surface area contributed by atoms with Gasteiger partial charge in [-0.1, -0.05) is 12.1 Å². The van der Waals surface area contributed by atoms with Crippen LogP contribution in [0.5, 0.6) is 0 Å². The van der Waals surface area contributed by atoms with Crippen LogP contribution < -0.4 is 21.6 Å². The SMILES string of the molecule is CN(CCCOCCCc1cccc2c1n(C)c(=O)n2[C@H]1CCC(=O)NC1=O)CN1CCC(n2cc(NC(=O)c3coc(-c4ccnc(NCC5CC5)c4)n3)c(C(F)F)n2)CC1. The number of alkyl halides is 2. The van der Waals surface area contributed by atoms with E-state index in [9.17, 15) is 28.0 Å². The molecule has 3 aliphatic rings. The Morgan fingerprint density at radius 3 is 2.66 bits per heavy atom. The highest BCUT2D eigenvalue weighted by Gasteiger charge is 2.32. The van der Waals surface area contributed by atoms with Crippen molar-refractivity contribution in [3.05, 3.63) is 76.4 Å². The van der Waals surface area contributed by atoms with E-state index in [1.165, 1.54) is 29.9 Å². The minimum absolute atomic E-state index is 0.0391. The van der Waals surface area contributed by atoms with Gasteiger partial charge in [-0.15, -0.1) is 0 Å². The zero-order valence-corrected chi connectivity index (χ0v) is 35.0. The van der Waals surface area contributed by atoms with Crippen LogP contribution in [-0.4, -0.2) is 110 Å². The van der Waals surface area contributed by atoms with Crippen LogP contribution in [0, 0.1) is 5.92 Å². The normalized spacial score (nSPS) is 17.7. The molecule has 5 aromatic rings. The zero-order chi connectivity index (χ0) is 43.3. The zero-order valence-electron chi connectivity index (χ0n) is 35.0. The fourth-order valence-electron chi connectivity index (χ4n) is 8.37. The average Bonchev–Trinajstić information content (AvgIpc) is 3.66. The molecule has 1 aromatic carbocycles. The van der Waals surface area contributed by atoms with Gasteiger partial charge in [-0.3, -0.25) is 43.3 Å². The number of imidazole rings is 1. The van der Waals surface area contributed by atoms with Crippen LogP contribution in [0.4, 0.5) is 20.3 Å². The number of fused-ring (bicyclic) bond motifs is 1. The lowest BCUT2D eigenvalue weighted by Gasteiger charge is -2.34. The number of pyridine rings is 1. The van der Waals surface area contributed by atoms with E-state index in [0.717, 1.165) is 56.8 Å². The lowest BCUT2D eigenvalue weighted by molar-refractivity contribution is -0.135. The summed E-state index contributed by atoms with van der Waals surface area (Å²) in [5.41, 5.74) is 2.24. The van der Waals surface area contributed by atoms with Crippen molar-refractivity contribution >= 4 is 40.3 Å². The smallest absolute Gasteiger partial charge is 0.329 e. The van der Waals surface area contributed by atoms with Crippen molar-refractivity contribution in [1.29, 1.82) is 0 Å². The van der Waals surface area contributed by atoms with E-state index in [2.05, 4.69) is 47.9 Å². The highest BCUT2D eigenvalue weighted by molar-refractivity contribution is 6.03. The highest BCUT2D eigenvalue weighted by Crippen LogP contribution is 2.32. The van der Waals surface area contributed by atoms with Crippen molar-refractivity contribution in [2.75, 3.05) is 63.7 Å². The average molecular weight is 858 g/mol. The van der Waals surface area contributed by atoms with Gasteiger partial charge in [0.25, 0.3) is 12.3 Å². The van der Waals surface area contributed by atoms with Crippen molar-refractivity contribution < 1.29 is 32.3 Å². The maximum absolute atomic E-state index is 14.1. The van der Waals surface area contributed by atoms with Gasteiger partial charge in [-0.05, 0) is 88.1 Å². The van der Waals surface area contributed by atoms with E-state index in [0.29, 0.717) is 61.7 Å². The molecule has 0 unspecified atom stereocenters. The van der Waals surface area contributed by atoms with Crippen molar-refractivity contribution in [1.82, 2.24) is 44.0 Å². The van der Waals surface area contributed by atoms with Gasteiger partial charge in [0.05, 0.1) is 29.4 Å². The summed E-state index contributed by atoms with van der Waals surface area (Å²) in [5, 5.41) is 12.4. The van der Waals surface area contributed by atoms with Crippen LogP contribution in [0.3, 0.4) is 0 Å². The number of nitrogens with zero attached hydrogens (tertiary/aromatic N) is 8. The maximum Gasteiger partial charge on any atom is 0.329 e. The first-order chi connectivity index (χ1) is 30.0. The number of rotatable bonds is 19. The van der Waals surface area contributed by atoms with Gasteiger partial charge in [0.15, 0.2) is 11.4 Å². The molecular weight excluding hydrogens is 805 g/mol. The molecule has 1 aliphatic carbocycles. The van der Waals surface area contributed by atoms with E-state index in [-0.39, 0.29) is 41.3 Å². The second-order valence-corrected chi connectivity index (χ2v) is 16.6. The molecule has 2 saturated heterocycles. The number of amides is 3. The monoisotopic (exact) mass is 857 g/mol. The van der Waals surface area contributed by atoms with Crippen LogP contribution in [0.25, 0.3) is 22.5 Å². The number of likely N-dealkylation sites (tertiary alicyclic amines) is 1. The molecule has 62 heavy (non-hydrogen) atoms. The minimum atomic E-state index is -2.88. The lowest BCUT2D eigenvalue weighted by Crippen LogP contribution is -2.44. The number of nitrogens with one attached hydrogen (secondary N) is 3. The van der Waals surface area contributed by atoms with Gasteiger partial charge in [0.1, 0.15) is 18.1 Å². The summed E-state index contributed by atoms with van der Waals surface area (Å²) < 4.78 is 44.4. The fourth-order valence-corrected chi connectivity index (χ4v) is 8.37. The second-order valence-electron chi connectivity index (χ2n) is 16.6. The van der Waals surface area contributed by atoms with Gasteiger partial charge < -0.3 is 19.8 Å². The number of carbonyl (C=O) groups is 3. The number of aryl methyl sites for hydroxylation is 2. The quantitative estimate of drug-likeness (QED) is 0.0735. The fraction of sp³-hybridized carbons (Fsp3) is 0.512. The topological polar surface area (TPSA) is 187 Å². The predicted molar refractivity (Wildman–Crippen MR) is 226 cm³/mol. The summed E-state index contributed by atoms with van der Waals surface area (Å²) in [5.74, 6) is 0.132.